The standard InChI is InChI=1S/C21H30N2O/c1-20(2,3)14-7-10-21(11-8-14)19-16(9-12-22-21)17-13-15(24-4)5-6-18(17)23-19/h5-6,13-14,22-23H,7-12H2,1-4H3/p+1. The first-order valence-corrected chi connectivity index (χ1v) is 9.46. The first kappa shape index (κ1) is 16.0. The van der Waals surface area contributed by atoms with Crippen molar-refractivity contribution in [3.63, 3.8) is 0 Å². The molecular formula is C21H31N2O+. The van der Waals surface area contributed by atoms with Crippen molar-refractivity contribution in [2.24, 2.45) is 11.3 Å². The van der Waals surface area contributed by atoms with Crippen molar-refractivity contribution < 1.29 is 10.1 Å². The Morgan fingerprint density at radius 3 is 2.62 bits per heavy atom. The van der Waals surface area contributed by atoms with Gasteiger partial charge < -0.3 is 15.0 Å². The topological polar surface area (TPSA) is 41.6 Å². The average molecular weight is 327 g/mol. The molecule has 0 saturated heterocycles. The van der Waals surface area contributed by atoms with Gasteiger partial charge in [-0.05, 0) is 47.9 Å². The van der Waals surface area contributed by atoms with E-state index in [1.807, 2.05) is 0 Å². The minimum atomic E-state index is 0.279. The zero-order chi connectivity index (χ0) is 16.9. The van der Waals surface area contributed by atoms with Gasteiger partial charge in [0, 0.05) is 30.2 Å². The third-order valence-electron chi connectivity index (χ3n) is 6.64. The Hall–Kier alpha value is -1.48. The maximum atomic E-state index is 5.45. The third kappa shape index (κ3) is 2.45. The molecule has 3 nitrogen and oxygen atoms in total. The fourth-order valence-corrected chi connectivity index (χ4v) is 5.09. The molecule has 2 aromatic rings. The smallest absolute Gasteiger partial charge is 0.137 e. The van der Waals surface area contributed by atoms with E-state index in [1.165, 1.54) is 48.8 Å². The van der Waals surface area contributed by atoms with Gasteiger partial charge in [-0.25, -0.2) is 0 Å². The van der Waals surface area contributed by atoms with E-state index in [2.05, 4.69) is 49.3 Å². The zero-order valence-electron chi connectivity index (χ0n) is 15.5. The van der Waals surface area contributed by atoms with Crippen molar-refractivity contribution >= 4 is 10.9 Å². The SMILES string of the molecule is COc1ccc2[nH]c3c(c2c1)CC[NH2+]C31CCC(C(C)(C)C)CC1. The van der Waals surface area contributed by atoms with Crippen LogP contribution in [-0.2, 0) is 12.0 Å². The number of rotatable bonds is 1. The molecule has 0 amide bonds. The number of methoxy groups -OCH3 is 1. The fraction of sp³-hybridized carbons (Fsp3) is 0.619. The Labute approximate surface area is 145 Å². The Morgan fingerprint density at radius 1 is 1.21 bits per heavy atom. The first-order chi connectivity index (χ1) is 11.4. The summed E-state index contributed by atoms with van der Waals surface area (Å²) in [7, 11) is 1.75. The Kier molecular flexibility index (Phi) is 3.68. The third-order valence-corrected chi connectivity index (χ3v) is 6.64. The predicted molar refractivity (Wildman–Crippen MR) is 98.4 cm³/mol. The van der Waals surface area contributed by atoms with Crippen molar-refractivity contribution in [1.82, 2.24) is 4.98 Å². The molecule has 3 N–H and O–H groups in total. The highest BCUT2D eigenvalue weighted by Crippen LogP contribution is 2.46. The van der Waals surface area contributed by atoms with Crippen LogP contribution < -0.4 is 10.1 Å². The summed E-state index contributed by atoms with van der Waals surface area (Å²) in [5.41, 5.74) is 5.03. The molecule has 1 saturated carbocycles. The molecule has 24 heavy (non-hydrogen) atoms. The molecule has 1 aliphatic heterocycles. The van der Waals surface area contributed by atoms with Crippen LogP contribution in [-0.4, -0.2) is 18.6 Å². The average Bonchev–Trinajstić information content (AvgIpc) is 2.94. The Balaban J connectivity index is 1.72. The number of hydrogen-bond donors (Lipinski definition) is 2. The van der Waals surface area contributed by atoms with E-state index in [0.29, 0.717) is 5.41 Å². The number of aromatic nitrogens is 1. The van der Waals surface area contributed by atoms with Crippen LogP contribution >= 0.6 is 0 Å². The van der Waals surface area contributed by atoms with E-state index in [4.69, 9.17) is 4.74 Å². The van der Waals surface area contributed by atoms with E-state index in [1.54, 1.807) is 12.7 Å². The predicted octanol–water partition coefficient (Wildman–Crippen LogP) is 3.73. The second-order valence-electron chi connectivity index (χ2n) is 8.93. The van der Waals surface area contributed by atoms with Crippen LogP contribution in [0.5, 0.6) is 5.75 Å². The lowest BCUT2D eigenvalue weighted by molar-refractivity contribution is -0.744. The highest BCUT2D eigenvalue weighted by Gasteiger charge is 2.46. The van der Waals surface area contributed by atoms with Gasteiger partial charge in [-0.3, -0.25) is 0 Å². The normalized spacial score (nSPS) is 27.4. The number of nitrogens with one attached hydrogen (secondary N) is 1. The summed E-state index contributed by atoms with van der Waals surface area (Å²) in [5.74, 6) is 1.82. The maximum absolute atomic E-state index is 5.45. The molecule has 0 bridgehead atoms. The minimum Gasteiger partial charge on any atom is -0.497 e. The molecule has 1 aromatic heterocycles. The second-order valence-corrected chi connectivity index (χ2v) is 8.93. The highest BCUT2D eigenvalue weighted by atomic mass is 16.5. The monoisotopic (exact) mass is 327 g/mol. The molecule has 0 atom stereocenters. The molecule has 0 radical (unpaired) electrons. The molecule has 130 valence electrons. The largest absolute Gasteiger partial charge is 0.497 e. The van der Waals surface area contributed by atoms with Gasteiger partial charge in [-0.2, -0.15) is 0 Å². The van der Waals surface area contributed by atoms with Crippen molar-refractivity contribution in [2.45, 2.75) is 58.4 Å². The van der Waals surface area contributed by atoms with Gasteiger partial charge in [0.05, 0.1) is 19.3 Å². The van der Waals surface area contributed by atoms with Crippen molar-refractivity contribution in [3.05, 3.63) is 29.5 Å². The lowest BCUT2D eigenvalue weighted by Crippen LogP contribution is -2.97. The van der Waals surface area contributed by atoms with Crippen LogP contribution in [0.2, 0.25) is 0 Å². The number of nitrogens with two attached hydrogens (primary N) is 1. The van der Waals surface area contributed by atoms with Crippen LogP contribution in [0.3, 0.4) is 0 Å². The van der Waals surface area contributed by atoms with E-state index >= 15 is 0 Å². The highest BCUT2D eigenvalue weighted by molar-refractivity contribution is 5.86. The Morgan fingerprint density at radius 2 is 1.96 bits per heavy atom. The van der Waals surface area contributed by atoms with Gasteiger partial charge in [0.15, 0.2) is 0 Å². The molecule has 1 aromatic carbocycles. The molecule has 3 heteroatoms. The Bertz CT molecular complexity index is 745. The summed E-state index contributed by atoms with van der Waals surface area (Å²) in [6.07, 6.45) is 6.45. The molecule has 1 fully saturated rings. The quantitative estimate of drug-likeness (QED) is 0.823. The van der Waals surface area contributed by atoms with Crippen LogP contribution in [0.25, 0.3) is 10.9 Å². The van der Waals surface area contributed by atoms with Gasteiger partial charge in [0.2, 0.25) is 0 Å². The summed E-state index contributed by atoms with van der Waals surface area (Å²) in [6, 6.07) is 6.46. The summed E-state index contributed by atoms with van der Waals surface area (Å²) < 4.78 is 5.45. The molecular weight excluding hydrogens is 296 g/mol. The summed E-state index contributed by atoms with van der Waals surface area (Å²) >= 11 is 0. The number of fused-ring (bicyclic) bond motifs is 4. The van der Waals surface area contributed by atoms with Crippen LogP contribution in [0.15, 0.2) is 18.2 Å². The van der Waals surface area contributed by atoms with Crippen molar-refractivity contribution in [3.8, 4) is 5.75 Å². The molecule has 2 aliphatic rings. The van der Waals surface area contributed by atoms with E-state index in [-0.39, 0.29) is 5.54 Å². The van der Waals surface area contributed by atoms with Gasteiger partial charge in [-0.15, -0.1) is 0 Å². The summed E-state index contributed by atoms with van der Waals surface area (Å²) in [4.78, 5) is 3.79. The number of benzene rings is 1. The lowest BCUT2D eigenvalue weighted by Gasteiger charge is -2.44. The minimum absolute atomic E-state index is 0.279. The van der Waals surface area contributed by atoms with Crippen LogP contribution in [0.4, 0.5) is 0 Å². The molecule has 2 heterocycles. The van der Waals surface area contributed by atoms with Gasteiger partial charge in [0.25, 0.3) is 0 Å². The van der Waals surface area contributed by atoms with E-state index in [0.717, 1.165) is 18.1 Å². The van der Waals surface area contributed by atoms with Crippen LogP contribution in [0.1, 0.15) is 57.7 Å². The maximum Gasteiger partial charge on any atom is 0.137 e. The van der Waals surface area contributed by atoms with Crippen molar-refractivity contribution in [2.75, 3.05) is 13.7 Å². The number of hydrogen-bond acceptors (Lipinski definition) is 1. The number of ether oxygens (including phenoxy) is 1. The number of H-pyrrole nitrogens is 1. The lowest BCUT2D eigenvalue weighted by atomic mass is 9.65. The van der Waals surface area contributed by atoms with Crippen LogP contribution in [0, 0.1) is 11.3 Å². The number of quaternary nitrogens is 1. The fourth-order valence-electron chi connectivity index (χ4n) is 5.09. The first-order valence-electron chi connectivity index (χ1n) is 9.46. The van der Waals surface area contributed by atoms with E-state index < -0.39 is 0 Å². The van der Waals surface area contributed by atoms with Gasteiger partial charge >= 0.3 is 0 Å². The van der Waals surface area contributed by atoms with Gasteiger partial charge in [0.1, 0.15) is 11.3 Å². The second kappa shape index (κ2) is 5.52. The molecule has 1 spiro atoms. The number of aromatic amines is 1. The van der Waals surface area contributed by atoms with E-state index in [9.17, 15) is 0 Å². The molecule has 0 unspecified atom stereocenters. The molecule has 1 aliphatic carbocycles. The summed E-state index contributed by atoms with van der Waals surface area (Å²) in [6.45, 7) is 8.42. The molecule has 4 rings (SSSR count). The van der Waals surface area contributed by atoms with Gasteiger partial charge in [-0.1, -0.05) is 20.8 Å². The zero-order valence-corrected chi connectivity index (χ0v) is 15.5. The summed E-state index contributed by atoms with van der Waals surface area (Å²) in [5, 5.41) is 4.00. The van der Waals surface area contributed by atoms with Crippen molar-refractivity contribution in [1.29, 1.82) is 0 Å².